The molecule has 9 heteroatoms. The van der Waals surface area contributed by atoms with Gasteiger partial charge < -0.3 is 15.2 Å². The summed E-state index contributed by atoms with van der Waals surface area (Å²) >= 11 is 0. The maximum absolute atomic E-state index is 13.2. The third-order valence-electron chi connectivity index (χ3n) is 4.35. The highest BCUT2D eigenvalue weighted by Crippen LogP contribution is 2.37. The number of aromatic nitrogens is 3. The monoisotopic (exact) mass is 388 g/mol. The normalized spacial score (nSPS) is 16.1. The third-order valence-corrected chi connectivity index (χ3v) is 4.35. The molecule has 0 saturated heterocycles. The lowest BCUT2D eigenvalue weighted by Crippen LogP contribution is -2.20. The summed E-state index contributed by atoms with van der Waals surface area (Å²) in [7, 11) is 1.40. The third kappa shape index (κ3) is 3.15. The van der Waals surface area contributed by atoms with E-state index in [1.807, 2.05) is 30.3 Å². The maximum atomic E-state index is 13.2. The zero-order valence-electron chi connectivity index (χ0n) is 14.6. The van der Waals surface area contributed by atoms with Crippen molar-refractivity contribution in [1.82, 2.24) is 14.8 Å². The lowest BCUT2D eigenvalue weighted by Gasteiger charge is -2.24. The van der Waals surface area contributed by atoms with E-state index in [1.165, 1.54) is 17.9 Å². The number of alkyl halides is 3. The van der Waals surface area contributed by atoms with Crippen LogP contribution in [0.5, 0.6) is 11.5 Å². The highest BCUT2D eigenvalue weighted by molar-refractivity contribution is 5.77. The molecule has 0 radical (unpaired) electrons. The minimum atomic E-state index is -4.67. The largest absolute Gasteiger partial charge is 0.504 e. The predicted octanol–water partition coefficient (Wildman–Crippen LogP) is 4.07. The number of ether oxygens (including phenoxy) is 1. The number of fused-ring (bicyclic) bond motifs is 1. The van der Waals surface area contributed by atoms with Gasteiger partial charge in [0.05, 0.1) is 7.11 Å². The van der Waals surface area contributed by atoms with Crippen molar-refractivity contribution in [2.24, 2.45) is 0 Å². The molecule has 0 spiro atoms. The number of benzene rings is 2. The summed E-state index contributed by atoms with van der Waals surface area (Å²) in [5.74, 6) is -1.11. The van der Waals surface area contributed by atoms with Crippen LogP contribution in [-0.2, 0) is 6.18 Å². The fraction of sp³-hybridized carbons (Fsp3) is 0.158. The first-order chi connectivity index (χ1) is 13.4. The van der Waals surface area contributed by atoms with E-state index in [4.69, 9.17) is 4.74 Å². The SMILES string of the molecule is COc1cc(C2C=C(c3ccccc3)Nc3nc(C(F)(F)F)nn32)ccc1O. The zero-order valence-corrected chi connectivity index (χ0v) is 14.6. The van der Waals surface area contributed by atoms with Crippen LogP contribution < -0.4 is 10.1 Å². The zero-order chi connectivity index (χ0) is 19.9. The van der Waals surface area contributed by atoms with Gasteiger partial charge in [0, 0.05) is 5.70 Å². The van der Waals surface area contributed by atoms with E-state index in [1.54, 1.807) is 18.2 Å². The van der Waals surface area contributed by atoms with Crippen molar-refractivity contribution < 1.29 is 23.0 Å². The Hall–Kier alpha value is -3.49. The van der Waals surface area contributed by atoms with Gasteiger partial charge in [0.1, 0.15) is 6.04 Å². The molecule has 0 fully saturated rings. The Morgan fingerprint density at radius 1 is 1.14 bits per heavy atom. The average molecular weight is 388 g/mol. The molecule has 6 nitrogen and oxygen atoms in total. The van der Waals surface area contributed by atoms with Crippen molar-refractivity contribution in [3.8, 4) is 11.5 Å². The van der Waals surface area contributed by atoms with Crippen molar-refractivity contribution in [3.63, 3.8) is 0 Å². The second kappa shape index (κ2) is 6.59. The fourth-order valence-electron chi connectivity index (χ4n) is 3.01. The van der Waals surface area contributed by atoms with Crippen molar-refractivity contribution in [2.45, 2.75) is 12.2 Å². The average Bonchev–Trinajstić information content (AvgIpc) is 3.13. The van der Waals surface area contributed by atoms with Crippen molar-refractivity contribution >= 4 is 11.6 Å². The molecule has 1 aliphatic heterocycles. The van der Waals surface area contributed by atoms with Gasteiger partial charge in [-0.05, 0) is 29.3 Å². The minimum absolute atomic E-state index is 0.0225. The van der Waals surface area contributed by atoms with Crippen LogP contribution in [0.1, 0.15) is 23.0 Å². The lowest BCUT2D eigenvalue weighted by atomic mass is 10.0. The van der Waals surface area contributed by atoms with Gasteiger partial charge in [-0.25, -0.2) is 4.68 Å². The molecule has 0 saturated carbocycles. The highest BCUT2D eigenvalue weighted by Gasteiger charge is 2.39. The molecule has 0 bridgehead atoms. The first kappa shape index (κ1) is 17.9. The summed E-state index contributed by atoms with van der Waals surface area (Å²) in [6.07, 6.45) is -2.92. The summed E-state index contributed by atoms with van der Waals surface area (Å²) in [4.78, 5) is 3.63. The van der Waals surface area contributed by atoms with E-state index >= 15 is 0 Å². The number of phenols is 1. The van der Waals surface area contributed by atoms with E-state index in [0.717, 1.165) is 5.56 Å². The molecule has 1 aromatic heterocycles. The van der Waals surface area contributed by atoms with Gasteiger partial charge in [0.25, 0.3) is 5.82 Å². The van der Waals surface area contributed by atoms with Gasteiger partial charge in [0.2, 0.25) is 5.95 Å². The van der Waals surface area contributed by atoms with Gasteiger partial charge in [-0.2, -0.15) is 18.2 Å². The number of nitrogens with zero attached hydrogens (tertiary/aromatic N) is 3. The van der Waals surface area contributed by atoms with E-state index in [2.05, 4.69) is 15.4 Å². The number of anilines is 1. The van der Waals surface area contributed by atoms with E-state index in [0.29, 0.717) is 11.3 Å². The summed E-state index contributed by atoms with van der Waals surface area (Å²) in [5, 5.41) is 16.4. The van der Waals surface area contributed by atoms with Gasteiger partial charge in [-0.1, -0.05) is 36.4 Å². The first-order valence-electron chi connectivity index (χ1n) is 8.31. The van der Waals surface area contributed by atoms with E-state index < -0.39 is 18.0 Å². The van der Waals surface area contributed by atoms with Crippen LogP contribution in [0.4, 0.5) is 19.1 Å². The maximum Gasteiger partial charge on any atom is 0.453 e. The molecule has 0 aliphatic carbocycles. The molecule has 0 amide bonds. The first-order valence-corrected chi connectivity index (χ1v) is 8.31. The molecule has 4 rings (SSSR count). The molecule has 144 valence electrons. The van der Waals surface area contributed by atoms with Crippen LogP contribution in [0.15, 0.2) is 54.6 Å². The van der Waals surface area contributed by atoms with Crippen LogP contribution in [0.3, 0.4) is 0 Å². The lowest BCUT2D eigenvalue weighted by molar-refractivity contribution is -0.145. The summed E-state index contributed by atoms with van der Waals surface area (Å²) in [6, 6.07) is 13.1. The molecule has 2 aromatic carbocycles. The van der Waals surface area contributed by atoms with Gasteiger partial charge in [0.15, 0.2) is 11.5 Å². The Morgan fingerprint density at radius 3 is 2.57 bits per heavy atom. The molecule has 1 aliphatic rings. The van der Waals surface area contributed by atoms with Crippen LogP contribution in [0.2, 0.25) is 0 Å². The van der Waals surface area contributed by atoms with E-state index in [9.17, 15) is 18.3 Å². The number of allylic oxidation sites excluding steroid dienone is 1. The van der Waals surface area contributed by atoms with Crippen molar-refractivity contribution in [3.05, 3.63) is 71.6 Å². The molecule has 3 aromatic rings. The number of rotatable bonds is 3. The molecular weight excluding hydrogens is 373 g/mol. The Balaban J connectivity index is 1.86. The van der Waals surface area contributed by atoms with Gasteiger partial charge in [-0.15, -0.1) is 5.10 Å². The Kier molecular flexibility index (Phi) is 4.21. The van der Waals surface area contributed by atoms with Crippen LogP contribution in [-0.4, -0.2) is 27.0 Å². The molecule has 1 unspecified atom stereocenters. The number of hydrogen-bond donors (Lipinski definition) is 2. The number of aromatic hydroxyl groups is 1. The molecule has 1 atom stereocenters. The number of halogens is 3. The number of nitrogens with one attached hydrogen (secondary N) is 1. The van der Waals surface area contributed by atoms with Crippen LogP contribution >= 0.6 is 0 Å². The fourth-order valence-corrected chi connectivity index (χ4v) is 3.01. The molecule has 28 heavy (non-hydrogen) atoms. The second-order valence-electron chi connectivity index (χ2n) is 6.15. The summed E-state index contributed by atoms with van der Waals surface area (Å²) < 4.78 is 45.8. The van der Waals surface area contributed by atoms with E-state index in [-0.39, 0.29) is 17.4 Å². The van der Waals surface area contributed by atoms with Crippen LogP contribution in [0.25, 0.3) is 5.70 Å². The Labute approximate surface area is 157 Å². The van der Waals surface area contributed by atoms with Crippen LogP contribution in [0, 0.1) is 0 Å². The number of methoxy groups -OCH3 is 1. The smallest absolute Gasteiger partial charge is 0.453 e. The summed E-state index contributed by atoms with van der Waals surface area (Å²) in [5.41, 5.74) is 1.98. The predicted molar refractivity (Wildman–Crippen MR) is 95.9 cm³/mol. The standard InChI is InChI=1S/C19H15F3N4O2/c1-28-16-9-12(7-8-15(16)27)14-10-13(11-5-3-2-4-6-11)23-18-24-17(19(20,21)22)25-26(14)18/h2-10,14,27H,1H3,(H,23,24,25). The molecular formula is C19H15F3N4O2. The minimum Gasteiger partial charge on any atom is -0.504 e. The molecule has 2 N–H and O–H groups in total. The highest BCUT2D eigenvalue weighted by atomic mass is 19.4. The number of hydrogen-bond acceptors (Lipinski definition) is 5. The van der Waals surface area contributed by atoms with Crippen molar-refractivity contribution in [2.75, 3.05) is 12.4 Å². The molecule has 2 heterocycles. The van der Waals surface area contributed by atoms with Gasteiger partial charge in [-0.3, -0.25) is 0 Å². The van der Waals surface area contributed by atoms with Crippen molar-refractivity contribution in [1.29, 1.82) is 0 Å². The summed E-state index contributed by atoms with van der Waals surface area (Å²) in [6.45, 7) is 0. The topological polar surface area (TPSA) is 72.2 Å². The number of phenolic OH excluding ortho intramolecular Hbond substituents is 1. The Bertz CT molecular complexity index is 1050. The van der Waals surface area contributed by atoms with Gasteiger partial charge >= 0.3 is 6.18 Å². The quantitative estimate of drug-likeness (QED) is 0.708. The Morgan fingerprint density at radius 2 is 1.89 bits per heavy atom. The second-order valence-corrected chi connectivity index (χ2v) is 6.15.